The average Bonchev–Trinajstić information content (AvgIpc) is 2.68. The van der Waals surface area contributed by atoms with E-state index in [0.717, 1.165) is 19.4 Å². The number of para-hydroxylation sites is 1. The second-order valence-electron chi connectivity index (χ2n) is 5.28. The molecule has 0 bridgehead atoms. The lowest BCUT2D eigenvalue weighted by molar-refractivity contribution is 0.0666. The van der Waals surface area contributed by atoms with Gasteiger partial charge in [0.15, 0.2) is 0 Å². The fraction of sp³-hybridized carbons (Fsp3) is 0.467. The van der Waals surface area contributed by atoms with Crippen molar-refractivity contribution in [2.45, 2.75) is 45.8 Å². The van der Waals surface area contributed by atoms with E-state index in [1.165, 1.54) is 16.5 Å². The van der Waals surface area contributed by atoms with Crippen LogP contribution in [0.2, 0.25) is 0 Å². The summed E-state index contributed by atoms with van der Waals surface area (Å²) in [5.41, 5.74) is 2.10. The topological polar surface area (TPSA) is 25.2 Å². The Balaban J connectivity index is 2.34. The highest BCUT2D eigenvalue weighted by Gasteiger charge is 2.13. The molecule has 17 heavy (non-hydrogen) atoms. The molecule has 1 aromatic heterocycles. The first-order chi connectivity index (χ1) is 8.01. The Bertz CT molecular complexity index is 505. The van der Waals surface area contributed by atoms with Crippen LogP contribution in [0.1, 0.15) is 32.8 Å². The largest absolute Gasteiger partial charge is 0.390 e. The molecule has 2 rings (SSSR count). The van der Waals surface area contributed by atoms with Crippen LogP contribution >= 0.6 is 0 Å². The van der Waals surface area contributed by atoms with Gasteiger partial charge in [0, 0.05) is 12.7 Å². The molecule has 1 aromatic carbocycles. The number of rotatable bonds is 4. The van der Waals surface area contributed by atoms with Crippen LogP contribution in [0.15, 0.2) is 30.5 Å². The molecule has 2 nitrogen and oxygen atoms in total. The molecule has 0 amide bonds. The van der Waals surface area contributed by atoms with E-state index in [1.54, 1.807) is 0 Å². The number of benzene rings is 1. The van der Waals surface area contributed by atoms with E-state index < -0.39 is 5.60 Å². The van der Waals surface area contributed by atoms with Crippen LogP contribution in [-0.2, 0) is 13.0 Å². The molecular weight excluding hydrogens is 210 g/mol. The van der Waals surface area contributed by atoms with Crippen LogP contribution in [0.4, 0.5) is 0 Å². The number of hydrogen-bond donors (Lipinski definition) is 1. The molecule has 0 radical (unpaired) electrons. The molecule has 0 aliphatic rings. The molecule has 1 N–H and O–H groups in total. The monoisotopic (exact) mass is 231 g/mol. The first kappa shape index (κ1) is 12.2. The minimum atomic E-state index is -0.599. The Hall–Kier alpha value is -1.28. The maximum Gasteiger partial charge on any atom is 0.0608 e. The van der Waals surface area contributed by atoms with Crippen molar-refractivity contribution in [2.24, 2.45) is 0 Å². The number of aryl methyl sites for hydroxylation is 2. The molecule has 0 aliphatic carbocycles. The fourth-order valence-electron chi connectivity index (χ4n) is 2.21. The van der Waals surface area contributed by atoms with Gasteiger partial charge in [-0.05, 0) is 43.7 Å². The van der Waals surface area contributed by atoms with Crippen molar-refractivity contribution in [1.29, 1.82) is 0 Å². The lowest BCUT2D eigenvalue weighted by Gasteiger charge is -2.18. The molecule has 0 saturated heterocycles. The predicted octanol–water partition coefficient (Wildman–Crippen LogP) is 3.36. The lowest BCUT2D eigenvalue weighted by atomic mass is 10.1. The maximum atomic E-state index is 9.80. The van der Waals surface area contributed by atoms with Crippen molar-refractivity contribution < 1.29 is 5.11 Å². The highest BCUT2D eigenvalue weighted by Crippen LogP contribution is 2.22. The zero-order chi connectivity index (χ0) is 12.5. The summed E-state index contributed by atoms with van der Waals surface area (Å²) in [5, 5.41) is 11.1. The summed E-state index contributed by atoms with van der Waals surface area (Å²) in [6.45, 7) is 6.77. The molecule has 2 aromatic rings. The summed E-state index contributed by atoms with van der Waals surface area (Å²) in [6.07, 6.45) is 3.94. The minimum Gasteiger partial charge on any atom is -0.390 e. The zero-order valence-electron chi connectivity index (χ0n) is 10.9. The van der Waals surface area contributed by atoms with E-state index in [2.05, 4.69) is 42.0 Å². The number of aliphatic hydroxyl groups is 1. The molecule has 2 heteroatoms. The molecule has 1 heterocycles. The SMILES string of the molecule is CCc1cccc2ccn(CCC(C)(C)O)c12. The summed E-state index contributed by atoms with van der Waals surface area (Å²) in [5.74, 6) is 0. The quantitative estimate of drug-likeness (QED) is 0.857. The summed E-state index contributed by atoms with van der Waals surface area (Å²) < 4.78 is 2.26. The van der Waals surface area contributed by atoms with E-state index in [-0.39, 0.29) is 0 Å². The van der Waals surface area contributed by atoms with Crippen molar-refractivity contribution in [1.82, 2.24) is 4.57 Å². The molecule has 0 aliphatic heterocycles. The van der Waals surface area contributed by atoms with Gasteiger partial charge in [-0.15, -0.1) is 0 Å². The van der Waals surface area contributed by atoms with Gasteiger partial charge in [-0.3, -0.25) is 0 Å². The standard InChI is InChI=1S/C15H21NO/c1-4-12-6-5-7-13-8-10-16(14(12)13)11-9-15(2,3)17/h5-8,10,17H,4,9,11H2,1-3H3. The van der Waals surface area contributed by atoms with Crippen molar-refractivity contribution in [3.05, 3.63) is 36.0 Å². The van der Waals surface area contributed by atoms with Crippen LogP contribution < -0.4 is 0 Å². The summed E-state index contributed by atoms with van der Waals surface area (Å²) >= 11 is 0. The Morgan fingerprint density at radius 3 is 2.65 bits per heavy atom. The predicted molar refractivity (Wildman–Crippen MR) is 72.2 cm³/mol. The zero-order valence-corrected chi connectivity index (χ0v) is 10.9. The van der Waals surface area contributed by atoms with Crippen LogP contribution in [0.5, 0.6) is 0 Å². The Kier molecular flexibility index (Phi) is 3.25. The van der Waals surface area contributed by atoms with E-state index in [0.29, 0.717) is 0 Å². The van der Waals surface area contributed by atoms with Gasteiger partial charge < -0.3 is 9.67 Å². The first-order valence-corrected chi connectivity index (χ1v) is 6.30. The van der Waals surface area contributed by atoms with E-state index >= 15 is 0 Å². The molecule has 0 atom stereocenters. The second-order valence-corrected chi connectivity index (χ2v) is 5.28. The van der Waals surface area contributed by atoms with Gasteiger partial charge in [-0.25, -0.2) is 0 Å². The molecule has 0 unspecified atom stereocenters. The second kappa shape index (κ2) is 4.53. The normalized spacial score (nSPS) is 12.2. The third kappa shape index (κ3) is 2.70. The number of fused-ring (bicyclic) bond motifs is 1. The third-order valence-corrected chi connectivity index (χ3v) is 3.22. The maximum absolute atomic E-state index is 9.80. The van der Waals surface area contributed by atoms with E-state index in [4.69, 9.17) is 0 Å². The summed E-state index contributed by atoms with van der Waals surface area (Å²) in [7, 11) is 0. The van der Waals surface area contributed by atoms with Crippen molar-refractivity contribution in [3.63, 3.8) is 0 Å². The van der Waals surface area contributed by atoms with Gasteiger partial charge in [0.1, 0.15) is 0 Å². The first-order valence-electron chi connectivity index (χ1n) is 6.30. The smallest absolute Gasteiger partial charge is 0.0608 e. The van der Waals surface area contributed by atoms with Gasteiger partial charge in [0.05, 0.1) is 11.1 Å². The molecule has 0 saturated carbocycles. The number of nitrogens with zero attached hydrogens (tertiary/aromatic N) is 1. The van der Waals surface area contributed by atoms with E-state index in [1.807, 2.05) is 13.8 Å². The summed E-state index contributed by atoms with van der Waals surface area (Å²) in [4.78, 5) is 0. The summed E-state index contributed by atoms with van der Waals surface area (Å²) in [6, 6.07) is 8.60. The molecular formula is C15H21NO. The van der Waals surface area contributed by atoms with Crippen LogP contribution in [0.25, 0.3) is 10.9 Å². The van der Waals surface area contributed by atoms with Gasteiger partial charge in [0.2, 0.25) is 0 Å². The molecule has 0 spiro atoms. The van der Waals surface area contributed by atoms with Crippen LogP contribution in [0, 0.1) is 0 Å². The lowest BCUT2D eigenvalue weighted by Crippen LogP contribution is -2.20. The molecule has 92 valence electrons. The van der Waals surface area contributed by atoms with Crippen molar-refractivity contribution in [2.75, 3.05) is 0 Å². The van der Waals surface area contributed by atoms with Crippen LogP contribution in [-0.4, -0.2) is 15.3 Å². The molecule has 0 fully saturated rings. The Morgan fingerprint density at radius 2 is 2.00 bits per heavy atom. The fourth-order valence-corrected chi connectivity index (χ4v) is 2.21. The van der Waals surface area contributed by atoms with Crippen molar-refractivity contribution in [3.8, 4) is 0 Å². The minimum absolute atomic E-state index is 0.599. The Morgan fingerprint density at radius 1 is 1.24 bits per heavy atom. The highest BCUT2D eigenvalue weighted by molar-refractivity contribution is 5.83. The van der Waals surface area contributed by atoms with Gasteiger partial charge in [-0.2, -0.15) is 0 Å². The van der Waals surface area contributed by atoms with Crippen LogP contribution in [0.3, 0.4) is 0 Å². The Labute approximate surface area is 103 Å². The van der Waals surface area contributed by atoms with Gasteiger partial charge in [-0.1, -0.05) is 25.1 Å². The number of hydrogen-bond acceptors (Lipinski definition) is 1. The third-order valence-electron chi connectivity index (χ3n) is 3.22. The van der Waals surface area contributed by atoms with E-state index in [9.17, 15) is 5.11 Å². The number of aromatic nitrogens is 1. The van der Waals surface area contributed by atoms with Crippen molar-refractivity contribution >= 4 is 10.9 Å². The van der Waals surface area contributed by atoms with Gasteiger partial charge >= 0.3 is 0 Å². The average molecular weight is 231 g/mol. The van der Waals surface area contributed by atoms with Gasteiger partial charge in [0.25, 0.3) is 0 Å². The highest BCUT2D eigenvalue weighted by atomic mass is 16.3.